The molecule has 1 aromatic heterocycles. The van der Waals surface area contributed by atoms with E-state index in [4.69, 9.17) is 11.0 Å². The molecule has 0 aliphatic rings. The largest absolute Gasteiger partial charge is 0.323 e. The zero-order chi connectivity index (χ0) is 9.84. The Hall–Kier alpha value is -1.47. The summed E-state index contributed by atoms with van der Waals surface area (Å²) in [7, 11) is 0. The molecule has 0 spiro atoms. The minimum atomic E-state index is -0.493. The summed E-state index contributed by atoms with van der Waals surface area (Å²) in [5, 5.41) is 8.40. The van der Waals surface area contributed by atoms with Crippen LogP contribution in [0.2, 0.25) is 0 Å². The van der Waals surface area contributed by atoms with Crippen LogP contribution in [0.4, 0.5) is 4.39 Å². The fraction of sp³-hybridized carbons (Fsp3) is 0.333. The van der Waals surface area contributed by atoms with Gasteiger partial charge in [0.15, 0.2) is 0 Å². The van der Waals surface area contributed by atoms with Crippen LogP contribution in [0.25, 0.3) is 0 Å². The number of nitrogens with zero attached hydrogens (tertiary/aromatic N) is 2. The monoisotopic (exact) mass is 179 g/mol. The summed E-state index contributed by atoms with van der Waals surface area (Å²) < 4.78 is 12.7. The van der Waals surface area contributed by atoms with Gasteiger partial charge in [-0.25, -0.2) is 4.98 Å². The van der Waals surface area contributed by atoms with Gasteiger partial charge in [0.1, 0.15) is 0 Å². The van der Waals surface area contributed by atoms with E-state index in [0.717, 1.165) is 0 Å². The summed E-state index contributed by atoms with van der Waals surface area (Å²) in [6.07, 6.45) is 1.58. The highest BCUT2D eigenvalue weighted by atomic mass is 19.1. The molecule has 0 aliphatic heterocycles. The van der Waals surface area contributed by atoms with Crippen molar-refractivity contribution in [2.24, 2.45) is 5.73 Å². The quantitative estimate of drug-likeness (QED) is 0.699. The molecule has 0 bridgehead atoms. The fourth-order valence-corrected chi connectivity index (χ4v) is 0.999. The highest BCUT2D eigenvalue weighted by Gasteiger charge is 2.07. The van der Waals surface area contributed by atoms with E-state index in [2.05, 4.69) is 4.98 Å². The molecule has 0 aliphatic carbocycles. The molecule has 3 nitrogen and oxygen atoms in total. The molecule has 0 radical (unpaired) electrons. The third kappa shape index (κ3) is 2.23. The van der Waals surface area contributed by atoms with Crippen molar-refractivity contribution in [3.05, 3.63) is 29.3 Å². The first-order chi connectivity index (χ1) is 6.15. The average Bonchev–Trinajstić information content (AvgIpc) is 2.10. The van der Waals surface area contributed by atoms with Crippen LogP contribution in [-0.2, 0) is 0 Å². The summed E-state index contributed by atoms with van der Waals surface area (Å²) in [6.45, 7) is 1.62. The van der Waals surface area contributed by atoms with E-state index in [1.807, 2.05) is 6.07 Å². The molecular formula is C9H10FN3. The molecule has 0 saturated carbocycles. The minimum Gasteiger partial charge on any atom is -0.323 e. The number of halogens is 1. The number of rotatable bonds is 2. The molecule has 0 saturated heterocycles. The fourth-order valence-electron chi connectivity index (χ4n) is 0.999. The topological polar surface area (TPSA) is 62.7 Å². The molecule has 68 valence electrons. The van der Waals surface area contributed by atoms with Gasteiger partial charge in [0.25, 0.3) is 0 Å². The van der Waals surface area contributed by atoms with Crippen LogP contribution in [0, 0.1) is 24.2 Å². The number of nitrogens with two attached hydrogens (primary N) is 1. The van der Waals surface area contributed by atoms with Crippen LogP contribution in [0.1, 0.15) is 23.6 Å². The van der Waals surface area contributed by atoms with Crippen LogP contribution < -0.4 is 5.73 Å². The highest BCUT2D eigenvalue weighted by Crippen LogP contribution is 2.14. The normalized spacial score (nSPS) is 12.2. The van der Waals surface area contributed by atoms with Gasteiger partial charge in [-0.3, -0.25) is 0 Å². The van der Waals surface area contributed by atoms with Gasteiger partial charge in [0.05, 0.1) is 12.5 Å². The number of pyridine rings is 1. The van der Waals surface area contributed by atoms with Crippen molar-refractivity contribution in [2.45, 2.75) is 19.4 Å². The lowest BCUT2D eigenvalue weighted by atomic mass is 10.1. The van der Waals surface area contributed by atoms with Gasteiger partial charge < -0.3 is 5.73 Å². The van der Waals surface area contributed by atoms with Gasteiger partial charge in [0.2, 0.25) is 5.95 Å². The van der Waals surface area contributed by atoms with Crippen LogP contribution in [0.15, 0.2) is 12.3 Å². The predicted octanol–water partition coefficient (Wildman–Crippen LogP) is 1.44. The summed E-state index contributed by atoms with van der Waals surface area (Å²) in [6, 6.07) is 3.19. The van der Waals surface area contributed by atoms with Crippen molar-refractivity contribution in [3.8, 4) is 6.07 Å². The number of hydrogen-bond donors (Lipinski definition) is 1. The molecule has 2 N–H and O–H groups in total. The molecule has 1 aromatic rings. The second-order valence-corrected chi connectivity index (χ2v) is 2.85. The first-order valence-corrected chi connectivity index (χ1v) is 3.89. The number of nitriles is 1. The molecule has 0 aromatic carbocycles. The first-order valence-electron chi connectivity index (χ1n) is 3.89. The van der Waals surface area contributed by atoms with E-state index in [1.54, 1.807) is 13.0 Å². The van der Waals surface area contributed by atoms with E-state index in [0.29, 0.717) is 11.1 Å². The number of aromatic nitrogens is 1. The summed E-state index contributed by atoms with van der Waals surface area (Å²) >= 11 is 0. The summed E-state index contributed by atoms with van der Waals surface area (Å²) in [5.41, 5.74) is 6.78. The third-order valence-corrected chi connectivity index (χ3v) is 1.77. The van der Waals surface area contributed by atoms with E-state index >= 15 is 0 Å². The Morgan fingerprint density at radius 1 is 1.77 bits per heavy atom. The van der Waals surface area contributed by atoms with E-state index in [-0.39, 0.29) is 12.5 Å². The van der Waals surface area contributed by atoms with Crippen molar-refractivity contribution >= 4 is 0 Å². The molecule has 0 amide bonds. The Morgan fingerprint density at radius 2 is 2.46 bits per heavy atom. The SMILES string of the molecule is Cc1cc(C(N)CC#N)cnc1F. The average molecular weight is 179 g/mol. The minimum absolute atomic E-state index is 0.215. The van der Waals surface area contributed by atoms with Gasteiger partial charge in [-0.1, -0.05) is 0 Å². The van der Waals surface area contributed by atoms with Gasteiger partial charge in [-0.2, -0.15) is 9.65 Å². The lowest BCUT2D eigenvalue weighted by Gasteiger charge is -2.07. The lowest BCUT2D eigenvalue weighted by molar-refractivity contribution is 0.570. The predicted molar refractivity (Wildman–Crippen MR) is 46.1 cm³/mol. The van der Waals surface area contributed by atoms with Crippen LogP contribution >= 0.6 is 0 Å². The molecule has 0 fully saturated rings. The van der Waals surface area contributed by atoms with Crippen molar-refractivity contribution in [3.63, 3.8) is 0 Å². The zero-order valence-electron chi connectivity index (χ0n) is 7.29. The zero-order valence-corrected chi connectivity index (χ0v) is 7.29. The Kier molecular flexibility index (Phi) is 2.93. The van der Waals surface area contributed by atoms with Gasteiger partial charge in [0, 0.05) is 17.8 Å². The van der Waals surface area contributed by atoms with Crippen molar-refractivity contribution in [1.29, 1.82) is 5.26 Å². The van der Waals surface area contributed by atoms with E-state index < -0.39 is 5.95 Å². The molecule has 13 heavy (non-hydrogen) atoms. The molecule has 1 heterocycles. The lowest BCUT2D eigenvalue weighted by Crippen LogP contribution is -2.10. The highest BCUT2D eigenvalue weighted by molar-refractivity contribution is 5.21. The maximum absolute atomic E-state index is 12.7. The van der Waals surface area contributed by atoms with Crippen molar-refractivity contribution < 1.29 is 4.39 Å². The van der Waals surface area contributed by atoms with Gasteiger partial charge in [-0.05, 0) is 18.6 Å². The standard InChI is InChI=1S/C9H10FN3/c1-6-4-7(5-13-9(6)10)8(12)2-3-11/h4-5,8H,2,12H2,1H3. The molecule has 1 rings (SSSR count). The maximum Gasteiger partial charge on any atom is 0.215 e. The van der Waals surface area contributed by atoms with Crippen LogP contribution in [0.3, 0.4) is 0 Å². The number of hydrogen-bond acceptors (Lipinski definition) is 3. The second kappa shape index (κ2) is 3.97. The summed E-state index contributed by atoms with van der Waals surface area (Å²) in [5.74, 6) is -0.493. The van der Waals surface area contributed by atoms with Crippen LogP contribution in [-0.4, -0.2) is 4.98 Å². The second-order valence-electron chi connectivity index (χ2n) is 2.85. The molecular weight excluding hydrogens is 169 g/mol. The Labute approximate surface area is 76.0 Å². The first kappa shape index (κ1) is 9.62. The van der Waals surface area contributed by atoms with Gasteiger partial charge >= 0.3 is 0 Å². The molecule has 4 heteroatoms. The smallest absolute Gasteiger partial charge is 0.215 e. The molecule has 1 atom stereocenters. The Bertz CT molecular complexity index is 343. The Morgan fingerprint density at radius 3 is 3.00 bits per heavy atom. The molecule has 1 unspecified atom stereocenters. The van der Waals surface area contributed by atoms with Crippen molar-refractivity contribution in [2.75, 3.05) is 0 Å². The van der Waals surface area contributed by atoms with E-state index in [1.165, 1.54) is 6.20 Å². The van der Waals surface area contributed by atoms with Gasteiger partial charge in [-0.15, -0.1) is 0 Å². The van der Waals surface area contributed by atoms with Crippen LogP contribution in [0.5, 0.6) is 0 Å². The summed E-state index contributed by atoms with van der Waals surface area (Å²) in [4.78, 5) is 3.53. The van der Waals surface area contributed by atoms with Crippen molar-refractivity contribution in [1.82, 2.24) is 4.98 Å². The third-order valence-electron chi connectivity index (χ3n) is 1.77. The number of aryl methyl sites for hydroxylation is 1. The Balaban J connectivity index is 2.91. The van der Waals surface area contributed by atoms with E-state index in [9.17, 15) is 4.39 Å². The maximum atomic E-state index is 12.7.